The molecule has 21 heavy (non-hydrogen) atoms. The van der Waals surface area contributed by atoms with E-state index in [1.165, 1.54) is 0 Å². The monoisotopic (exact) mass is 284 g/mol. The molecule has 2 aromatic rings. The standard InChI is InChI=1S/C17H20N2O2/c1-11-6-4-5-7-14(11)12(2)19-17(20)15-9-8-13(21-3)10-16(15)18/h4-10,12H,18H2,1-3H3,(H,19,20)/t12-/m0/s1. The number of aryl methyl sites for hydroxylation is 1. The second-order valence-corrected chi connectivity index (χ2v) is 5.00. The van der Waals surface area contributed by atoms with Crippen molar-refractivity contribution in [1.29, 1.82) is 0 Å². The van der Waals surface area contributed by atoms with Gasteiger partial charge in [-0.25, -0.2) is 0 Å². The summed E-state index contributed by atoms with van der Waals surface area (Å²) in [4.78, 5) is 12.3. The number of hydrogen-bond acceptors (Lipinski definition) is 3. The Labute approximate surface area is 124 Å². The third kappa shape index (κ3) is 3.34. The molecule has 1 atom stereocenters. The number of nitrogens with one attached hydrogen (secondary N) is 1. The number of amides is 1. The molecule has 0 aromatic heterocycles. The van der Waals surface area contributed by atoms with Gasteiger partial charge < -0.3 is 15.8 Å². The van der Waals surface area contributed by atoms with Crippen molar-refractivity contribution in [1.82, 2.24) is 5.32 Å². The minimum Gasteiger partial charge on any atom is -0.497 e. The van der Waals surface area contributed by atoms with E-state index in [4.69, 9.17) is 10.5 Å². The van der Waals surface area contributed by atoms with Crippen molar-refractivity contribution in [3.05, 3.63) is 59.2 Å². The van der Waals surface area contributed by atoms with Crippen molar-refractivity contribution >= 4 is 11.6 Å². The third-order valence-corrected chi connectivity index (χ3v) is 3.51. The van der Waals surface area contributed by atoms with Crippen LogP contribution in [0, 0.1) is 6.92 Å². The lowest BCUT2D eigenvalue weighted by Gasteiger charge is -2.17. The fraction of sp³-hybridized carbons (Fsp3) is 0.235. The van der Waals surface area contributed by atoms with Crippen LogP contribution in [-0.2, 0) is 0 Å². The number of nitrogen functional groups attached to an aromatic ring is 1. The van der Waals surface area contributed by atoms with Crippen LogP contribution in [0.25, 0.3) is 0 Å². The Morgan fingerprint density at radius 1 is 1.24 bits per heavy atom. The minimum absolute atomic E-state index is 0.0831. The molecular formula is C17H20N2O2. The summed E-state index contributed by atoms with van der Waals surface area (Å²) in [5.74, 6) is 0.446. The highest BCUT2D eigenvalue weighted by molar-refractivity contribution is 5.99. The average molecular weight is 284 g/mol. The lowest BCUT2D eigenvalue weighted by molar-refractivity contribution is 0.0940. The van der Waals surface area contributed by atoms with E-state index in [9.17, 15) is 4.79 Å². The summed E-state index contributed by atoms with van der Waals surface area (Å²) >= 11 is 0. The lowest BCUT2D eigenvalue weighted by atomic mass is 10.0. The first kappa shape index (κ1) is 14.9. The topological polar surface area (TPSA) is 64.3 Å². The Kier molecular flexibility index (Phi) is 4.48. The maximum absolute atomic E-state index is 12.3. The highest BCUT2D eigenvalue weighted by atomic mass is 16.5. The van der Waals surface area contributed by atoms with Crippen LogP contribution in [0.3, 0.4) is 0 Å². The predicted octanol–water partition coefficient (Wildman–Crippen LogP) is 3.08. The Morgan fingerprint density at radius 2 is 1.95 bits per heavy atom. The number of carbonyl (C=O) groups excluding carboxylic acids is 1. The molecule has 0 radical (unpaired) electrons. The molecule has 1 amide bonds. The van der Waals surface area contributed by atoms with Gasteiger partial charge in [0.1, 0.15) is 5.75 Å². The zero-order chi connectivity index (χ0) is 15.4. The van der Waals surface area contributed by atoms with Crippen molar-refractivity contribution in [3.63, 3.8) is 0 Å². The van der Waals surface area contributed by atoms with E-state index in [1.54, 1.807) is 25.3 Å². The van der Waals surface area contributed by atoms with Gasteiger partial charge in [-0.2, -0.15) is 0 Å². The van der Waals surface area contributed by atoms with Crippen LogP contribution in [0.1, 0.15) is 34.5 Å². The van der Waals surface area contributed by atoms with Crippen molar-refractivity contribution in [2.75, 3.05) is 12.8 Å². The fourth-order valence-electron chi connectivity index (χ4n) is 2.30. The van der Waals surface area contributed by atoms with Gasteiger partial charge in [0.15, 0.2) is 0 Å². The van der Waals surface area contributed by atoms with Crippen molar-refractivity contribution < 1.29 is 9.53 Å². The largest absolute Gasteiger partial charge is 0.497 e. The number of nitrogens with two attached hydrogens (primary N) is 1. The molecule has 0 fully saturated rings. The SMILES string of the molecule is COc1ccc(C(=O)N[C@@H](C)c2ccccc2C)c(N)c1. The van der Waals surface area contributed by atoms with E-state index in [0.717, 1.165) is 11.1 Å². The maximum atomic E-state index is 12.3. The van der Waals surface area contributed by atoms with E-state index in [1.807, 2.05) is 38.1 Å². The van der Waals surface area contributed by atoms with Gasteiger partial charge in [0.25, 0.3) is 5.91 Å². The number of anilines is 1. The van der Waals surface area contributed by atoms with Crippen LogP contribution < -0.4 is 15.8 Å². The highest BCUT2D eigenvalue weighted by Gasteiger charge is 2.15. The second kappa shape index (κ2) is 6.31. The van der Waals surface area contributed by atoms with Gasteiger partial charge in [-0.05, 0) is 37.1 Å². The van der Waals surface area contributed by atoms with E-state index in [-0.39, 0.29) is 11.9 Å². The van der Waals surface area contributed by atoms with Crippen LogP contribution in [0.5, 0.6) is 5.75 Å². The van der Waals surface area contributed by atoms with E-state index in [2.05, 4.69) is 5.32 Å². The molecule has 0 aliphatic heterocycles. The number of methoxy groups -OCH3 is 1. The second-order valence-electron chi connectivity index (χ2n) is 5.00. The van der Waals surface area contributed by atoms with Crippen LogP contribution in [0.15, 0.2) is 42.5 Å². The molecular weight excluding hydrogens is 264 g/mol. The summed E-state index contributed by atoms with van der Waals surface area (Å²) in [6.45, 7) is 3.99. The van der Waals surface area contributed by atoms with Gasteiger partial charge in [0, 0.05) is 11.8 Å². The zero-order valence-corrected chi connectivity index (χ0v) is 12.5. The molecule has 3 N–H and O–H groups in total. The molecule has 2 aromatic carbocycles. The highest BCUT2D eigenvalue weighted by Crippen LogP contribution is 2.21. The quantitative estimate of drug-likeness (QED) is 0.848. The first-order chi connectivity index (χ1) is 10.0. The number of ether oxygens (including phenoxy) is 1. The Hall–Kier alpha value is -2.49. The van der Waals surface area contributed by atoms with Gasteiger partial charge in [-0.3, -0.25) is 4.79 Å². The summed E-state index contributed by atoms with van der Waals surface area (Å²) < 4.78 is 5.08. The van der Waals surface area contributed by atoms with Gasteiger partial charge in [-0.1, -0.05) is 24.3 Å². The lowest BCUT2D eigenvalue weighted by Crippen LogP contribution is -2.27. The molecule has 4 nitrogen and oxygen atoms in total. The summed E-state index contributed by atoms with van der Waals surface area (Å²) in [6, 6.07) is 12.9. The van der Waals surface area contributed by atoms with Gasteiger partial charge >= 0.3 is 0 Å². The van der Waals surface area contributed by atoms with E-state index in [0.29, 0.717) is 17.0 Å². The smallest absolute Gasteiger partial charge is 0.253 e. The summed E-state index contributed by atoms with van der Waals surface area (Å²) in [6.07, 6.45) is 0. The molecule has 0 aliphatic carbocycles. The summed E-state index contributed by atoms with van der Waals surface area (Å²) in [5.41, 5.74) is 9.00. The summed E-state index contributed by atoms with van der Waals surface area (Å²) in [5, 5.41) is 2.97. The predicted molar refractivity (Wildman–Crippen MR) is 84.5 cm³/mol. The minimum atomic E-state index is -0.189. The molecule has 0 spiro atoms. The number of carbonyl (C=O) groups is 1. The Bertz CT molecular complexity index is 653. The number of hydrogen-bond donors (Lipinski definition) is 2. The maximum Gasteiger partial charge on any atom is 0.253 e. The van der Waals surface area contributed by atoms with Crippen molar-refractivity contribution in [3.8, 4) is 5.75 Å². The van der Waals surface area contributed by atoms with Crippen LogP contribution in [0.4, 0.5) is 5.69 Å². The Balaban J connectivity index is 2.16. The van der Waals surface area contributed by atoms with Crippen LogP contribution in [0.2, 0.25) is 0 Å². The van der Waals surface area contributed by atoms with Crippen molar-refractivity contribution in [2.24, 2.45) is 0 Å². The van der Waals surface area contributed by atoms with Gasteiger partial charge in [-0.15, -0.1) is 0 Å². The molecule has 0 saturated heterocycles. The number of benzene rings is 2. The third-order valence-electron chi connectivity index (χ3n) is 3.51. The molecule has 110 valence electrons. The van der Waals surface area contributed by atoms with Crippen LogP contribution >= 0.6 is 0 Å². The number of rotatable bonds is 4. The summed E-state index contributed by atoms with van der Waals surface area (Å²) in [7, 11) is 1.56. The molecule has 2 rings (SSSR count). The molecule has 4 heteroatoms. The average Bonchev–Trinajstić information content (AvgIpc) is 2.47. The molecule has 0 aliphatic rings. The fourth-order valence-corrected chi connectivity index (χ4v) is 2.30. The molecule has 0 bridgehead atoms. The zero-order valence-electron chi connectivity index (χ0n) is 12.5. The van der Waals surface area contributed by atoms with E-state index < -0.39 is 0 Å². The van der Waals surface area contributed by atoms with Gasteiger partial charge in [0.05, 0.1) is 18.7 Å². The van der Waals surface area contributed by atoms with E-state index >= 15 is 0 Å². The normalized spacial score (nSPS) is 11.8. The first-order valence-corrected chi connectivity index (χ1v) is 6.83. The molecule has 0 heterocycles. The molecule has 0 unspecified atom stereocenters. The first-order valence-electron chi connectivity index (χ1n) is 6.83. The van der Waals surface area contributed by atoms with Crippen LogP contribution in [-0.4, -0.2) is 13.0 Å². The van der Waals surface area contributed by atoms with Gasteiger partial charge in [0.2, 0.25) is 0 Å². The molecule has 0 saturated carbocycles. The van der Waals surface area contributed by atoms with Crippen molar-refractivity contribution in [2.45, 2.75) is 19.9 Å². The Morgan fingerprint density at radius 3 is 2.57 bits per heavy atom.